The van der Waals surface area contributed by atoms with Crippen molar-refractivity contribution < 1.29 is 18.7 Å². The molecule has 1 amide bonds. The van der Waals surface area contributed by atoms with Gasteiger partial charge in [-0.1, -0.05) is 12.1 Å². The van der Waals surface area contributed by atoms with Gasteiger partial charge in [0.25, 0.3) is 5.91 Å². The van der Waals surface area contributed by atoms with Gasteiger partial charge in [-0.05, 0) is 60.2 Å². The highest BCUT2D eigenvalue weighted by Gasteiger charge is 2.32. The maximum atomic E-state index is 13.0. The van der Waals surface area contributed by atoms with Gasteiger partial charge in [0.1, 0.15) is 12.2 Å². The van der Waals surface area contributed by atoms with Crippen molar-refractivity contribution in [1.82, 2.24) is 9.80 Å². The van der Waals surface area contributed by atoms with Crippen LogP contribution in [0, 0.1) is 0 Å². The van der Waals surface area contributed by atoms with Crippen molar-refractivity contribution in [1.29, 1.82) is 0 Å². The summed E-state index contributed by atoms with van der Waals surface area (Å²) < 4.78 is 17.1. The molecule has 1 aromatic heterocycles. The van der Waals surface area contributed by atoms with E-state index in [0.29, 0.717) is 36.7 Å². The first-order valence-electron chi connectivity index (χ1n) is 11.6. The molecule has 3 aliphatic rings. The Labute approximate surface area is 191 Å². The molecule has 2 aliphatic heterocycles. The summed E-state index contributed by atoms with van der Waals surface area (Å²) in [6.45, 7) is 3.61. The molecule has 0 saturated carbocycles. The van der Waals surface area contributed by atoms with E-state index >= 15 is 0 Å². The smallest absolute Gasteiger partial charge is 0.336 e. The molecule has 3 aromatic rings. The van der Waals surface area contributed by atoms with Gasteiger partial charge >= 0.3 is 5.63 Å². The Morgan fingerprint density at radius 2 is 1.73 bits per heavy atom. The SMILES string of the molecule is O=C(C1COc2ccccc2O1)N1CCN(Cc2cc(=O)oc3cc4c(cc23)CCC4)CC1. The van der Waals surface area contributed by atoms with Crippen molar-refractivity contribution >= 4 is 16.9 Å². The van der Waals surface area contributed by atoms with Gasteiger partial charge in [0.05, 0.1) is 0 Å². The summed E-state index contributed by atoms with van der Waals surface area (Å²) >= 11 is 0. The summed E-state index contributed by atoms with van der Waals surface area (Å²) in [7, 11) is 0. The zero-order valence-electron chi connectivity index (χ0n) is 18.4. The topological polar surface area (TPSA) is 72.2 Å². The van der Waals surface area contributed by atoms with E-state index in [9.17, 15) is 9.59 Å². The van der Waals surface area contributed by atoms with Crippen LogP contribution < -0.4 is 15.1 Å². The number of piperazine rings is 1. The number of aryl methyl sites for hydroxylation is 2. The van der Waals surface area contributed by atoms with E-state index in [1.807, 2.05) is 35.2 Å². The summed E-state index contributed by atoms with van der Waals surface area (Å²) in [4.78, 5) is 29.3. The minimum atomic E-state index is -0.615. The van der Waals surface area contributed by atoms with Gasteiger partial charge in [0.2, 0.25) is 6.10 Å². The second-order valence-electron chi connectivity index (χ2n) is 9.03. The molecule has 1 fully saturated rings. The Balaban J connectivity index is 1.13. The van der Waals surface area contributed by atoms with Gasteiger partial charge in [-0.2, -0.15) is 0 Å². The second kappa shape index (κ2) is 8.23. The molecule has 1 unspecified atom stereocenters. The highest BCUT2D eigenvalue weighted by atomic mass is 16.6. The van der Waals surface area contributed by atoms with E-state index in [1.54, 1.807) is 6.07 Å². The fraction of sp³-hybridized carbons (Fsp3) is 0.385. The van der Waals surface area contributed by atoms with Crippen molar-refractivity contribution in [2.24, 2.45) is 0 Å². The Morgan fingerprint density at radius 1 is 0.970 bits per heavy atom. The first-order chi connectivity index (χ1) is 16.1. The number of para-hydroxylation sites is 2. The van der Waals surface area contributed by atoms with E-state index in [4.69, 9.17) is 13.9 Å². The predicted molar refractivity (Wildman–Crippen MR) is 123 cm³/mol. The van der Waals surface area contributed by atoms with E-state index in [-0.39, 0.29) is 18.1 Å². The molecular weight excluding hydrogens is 420 g/mol. The molecule has 6 rings (SSSR count). The molecule has 0 spiro atoms. The number of carbonyl (C=O) groups is 1. The maximum absolute atomic E-state index is 13.0. The zero-order valence-corrected chi connectivity index (χ0v) is 18.4. The summed E-state index contributed by atoms with van der Waals surface area (Å²) in [5.74, 6) is 1.25. The Bertz CT molecular complexity index is 1280. The first-order valence-corrected chi connectivity index (χ1v) is 11.6. The minimum absolute atomic E-state index is 0.0366. The molecular formula is C26H26N2O5. The lowest BCUT2D eigenvalue weighted by atomic mass is 10.0. The van der Waals surface area contributed by atoms with Gasteiger partial charge in [-0.25, -0.2) is 4.79 Å². The molecule has 0 radical (unpaired) electrons. The van der Waals surface area contributed by atoms with Gasteiger partial charge < -0.3 is 18.8 Å². The highest BCUT2D eigenvalue weighted by molar-refractivity contribution is 5.83. The minimum Gasteiger partial charge on any atom is -0.485 e. The van der Waals surface area contributed by atoms with Crippen molar-refractivity contribution in [3.05, 3.63) is 69.6 Å². The summed E-state index contributed by atoms with van der Waals surface area (Å²) in [5.41, 5.74) is 4.03. The Kier molecular flexibility index (Phi) is 5.06. The molecule has 170 valence electrons. The largest absolute Gasteiger partial charge is 0.485 e. The maximum Gasteiger partial charge on any atom is 0.336 e. The van der Waals surface area contributed by atoms with Gasteiger partial charge in [-0.3, -0.25) is 9.69 Å². The van der Waals surface area contributed by atoms with E-state index in [1.165, 1.54) is 11.1 Å². The summed E-state index contributed by atoms with van der Waals surface area (Å²) in [6.07, 6.45) is 2.68. The lowest BCUT2D eigenvalue weighted by molar-refractivity contribution is -0.143. The molecule has 7 heteroatoms. The van der Waals surface area contributed by atoms with Crippen LogP contribution in [0.5, 0.6) is 11.5 Å². The Hall–Kier alpha value is -3.32. The van der Waals surface area contributed by atoms with Crippen molar-refractivity contribution in [3.8, 4) is 11.5 Å². The van der Waals surface area contributed by atoms with Crippen LogP contribution in [0.3, 0.4) is 0 Å². The average molecular weight is 447 g/mol. The monoisotopic (exact) mass is 446 g/mol. The van der Waals surface area contributed by atoms with Crippen LogP contribution in [0.25, 0.3) is 11.0 Å². The van der Waals surface area contributed by atoms with Crippen LogP contribution in [0.15, 0.2) is 51.7 Å². The third-order valence-corrected chi connectivity index (χ3v) is 6.90. The average Bonchev–Trinajstić information content (AvgIpc) is 3.30. The van der Waals surface area contributed by atoms with Crippen LogP contribution in [0.4, 0.5) is 0 Å². The van der Waals surface area contributed by atoms with Crippen molar-refractivity contribution in [2.45, 2.75) is 31.9 Å². The Morgan fingerprint density at radius 3 is 2.55 bits per heavy atom. The number of rotatable bonds is 3. The molecule has 2 aromatic carbocycles. The van der Waals surface area contributed by atoms with E-state index < -0.39 is 6.10 Å². The van der Waals surface area contributed by atoms with Crippen LogP contribution in [0.1, 0.15) is 23.1 Å². The number of ether oxygens (including phenoxy) is 2. The number of fused-ring (bicyclic) bond motifs is 3. The number of amides is 1. The quantitative estimate of drug-likeness (QED) is 0.576. The molecule has 0 bridgehead atoms. The molecule has 7 nitrogen and oxygen atoms in total. The molecule has 1 aliphatic carbocycles. The third-order valence-electron chi connectivity index (χ3n) is 6.90. The van der Waals surface area contributed by atoms with Crippen molar-refractivity contribution in [2.75, 3.05) is 32.8 Å². The fourth-order valence-corrected chi connectivity index (χ4v) is 5.14. The highest BCUT2D eigenvalue weighted by Crippen LogP contribution is 2.32. The predicted octanol–water partition coefficient (Wildman–Crippen LogP) is 2.77. The number of nitrogens with zero attached hydrogens (tertiary/aromatic N) is 2. The normalized spacial score (nSPS) is 20.1. The standard InChI is InChI=1S/C26H26N2O5/c29-25-14-19(20-12-17-4-3-5-18(17)13-23(20)33-25)15-27-8-10-28(11-9-27)26(30)24-16-31-21-6-1-2-7-22(21)32-24/h1-2,6-7,12-14,24H,3-5,8-11,15-16H2. The molecule has 1 saturated heterocycles. The molecule has 0 N–H and O–H groups in total. The van der Waals surface area contributed by atoms with Crippen LogP contribution in [-0.2, 0) is 24.2 Å². The number of hydrogen-bond donors (Lipinski definition) is 0. The zero-order chi connectivity index (χ0) is 22.4. The van der Waals surface area contributed by atoms with Crippen LogP contribution >= 0.6 is 0 Å². The van der Waals surface area contributed by atoms with Gasteiger partial charge in [0.15, 0.2) is 11.5 Å². The molecule has 1 atom stereocenters. The second-order valence-corrected chi connectivity index (χ2v) is 9.03. The number of carbonyl (C=O) groups excluding carboxylic acids is 1. The summed E-state index contributed by atoms with van der Waals surface area (Å²) in [5, 5.41) is 1.03. The molecule has 33 heavy (non-hydrogen) atoms. The van der Waals surface area contributed by atoms with Crippen LogP contribution in [0.2, 0.25) is 0 Å². The lowest BCUT2D eigenvalue weighted by Gasteiger charge is -2.37. The number of benzene rings is 2. The van der Waals surface area contributed by atoms with E-state index in [2.05, 4.69) is 11.0 Å². The molecule has 3 heterocycles. The summed E-state index contributed by atoms with van der Waals surface area (Å²) in [6, 6.07) is 13.3. The van der Waals surface area contributed by atoms with Crippen molar-refractivity contribution in [3.63, 3.8) is 0 Å². The van der Waals surface area contributed by atoms with Crippen LogP contribution in [-0.4, -0.2) is 54.6 Å². The van der Waals surface area contributed by atoms with Gasteiger partial charge in [0, 0.05) is 44.2 Å². The lowest BCUT2D eigenvalue weighted by Crippen LogP contribution is -2.53. The fourth-order valence-electron chi connectivity index (χ4n) is 5.14. The van der Waals surface area contributed by atoms with Gasteiger partial charge in [-0.15, -0.1) is 0 Å². The number of hydrogen-bond acceptors (Lipinski definition) is 6. The third kappa shape index (κ3) is 3.86. The van der Waals surface area contributed by atoms with E-state index in [0.717, 1.165) is 43.3 Å². The first kappa shape index (κ1) is 20.3.